The zero-order valence-corrected chi connectivity index (χ0v) is 25.8. The summed E-state index contributed by atoms with van der Waals surface area (Å²) in [7, 11) is 3.72. The third-order valence-electron chi connectivity index (χ3n) is 8.02. The van der Waals surface area contributed by atoms with E-state index in [1.54, 1.807) is 24.7 Å². The molecule has 6 rings (SSSR count). The van der Waals surface area contributed by atoms with Crippen LogP contribution < -0.4 is 24.5 Å². The van der Waals surface area contributed by atoms with E-state index in [9.17, 15) is 9.59 Å². The molecule has 0 saturated carbocycles. The maximum Gasteiger partial charge on any atom is 0.338 e. The minimum Gasteiger partial charge on any atom is -0.496 e. The fraction of sp³-hybridized carbons (Fsp3) is 0.364. The Bertz CT molecular complexity index is 1880. The summed E-state index contributed by atoms with van der Waals surface area (Å²) in [5, 5.41) is 1.87. The maximum absolute atomic E-state index is 14.3. The van der Waals surface area contributed by atoms with Crippen molar-refractivity contribution in [1.82, 2.24) is 9.47 Å². The van der Waals surface area contributed by atoms with E-state index in [0.29, 0.717) is 38.5 Å². The molecule has 2 aliphatic rings. The first-order valence-corrected chi connectivity index (χ1v) is 15.6. The van der Waals surface area contributed by atoms with Crippen LogP contribution in [0.4, 0.5) is 5.88 Å². The third kappa shape index (κ3) is 5.41. The first-order valence-electron chi connectivity index (χ1n) is 14.7. The van der Waals surface area contributed by atoms with E-state index in [1.165, 1.54) is 11.3 Å². The van der Waals surface area contributed by atoms with Crippen molar-refractivity contribution >= 4 is 40.0 Å². The number of hydrogen-bond donors (Lipinski definition) is 0. The van der Waals surface area contributed by atoms with Gasteiger partial charge in [-0.1, -0.05) is 55.0 Å². The number of anilines is 1. The SMILES string of the molecule is CCCC1=C(C(=O)OCC)[C@@H](c2c(OC)ccc3ccccc23)n2c(s/c(=C/c3ccc(N4CCN(C)CC4)o3)c2=O)=N1. The molecule has 1 fully saturated rings. The van der Waals surface area contributed by atoms with E-state index in [-0.39, 0.29) is 12.2 Å². The lowest BCUT2D eigenvalue weighted by Crippen LogP contribution is -2.44. The Morgan fingerprint density at radius 1 is 1.09 bits per heavy atom. The number of fused-ring (bicyclic) bond motifs is 2. The standard InChI is InChI=1S/C33H36N4O5S/c1-5-9-24-29(32(39)41-6-2)30(28-23-11-8-7-10-21(23)12-14-25(28)40-4)37-31(38)26(43-33(37)34-24)20-22-13-15-27(42-22)36-18-16-35(3)17-19-36/h7-8,10-15,20,30H,5-6,9,16-19H2,1-4H3/b26-20+/t30-/m1/s1. The highest BCUT2D eigenvalue weighted by Crippen LogP contribution is 2.41. The molecule has 4 heterocycles. The fourth-order valence-corrected chi connectivity index (χ4v) is 6.88. The molecule has 0 amide bonds. The lowest BCUT2D eigenvalue weighted by molar-refractivity contribution is -0.139. The van der Waals surface area contributed by atoms with E-state index >= 15 is 0 Å². The van der Waals surface area contributed by atoms with Crippen LogP contribution in [0.3, 0.4) is 0 Å². The van der Waals surface area contributed by atoms with Gasteiger partial charge in [-0.2, -0.15) is 0 Å². The van der Waals surface area contributed by atoms with Crippen LogP contribution in [-0.4, -0.2) is 62.4 Å². The van der Waals surface area contributed by atoms with Crippen molar-refractivity contribution in [3.05, 3.63) is 90.8 Å². The number of methoxy groups -OCH3 is 1. The van der Waals surface area contributed by atoms with Gasteiger partial charge in [-0.3, -0.25) is 9.36 Å². The van der Waals surface area contributed by atoms with Crippen LogP contribution in [0.2, 0.25) is 0 Å². The zero-order chi connectivity index (χ0) is 30.1. The molecule has 0 spiro atoms. The van der Waals surface area contributed by atoms with E-state index in [0.717, 1.165) is 54.8 Å². The second-order valence-corrected chi connectivity index (χ2v) is 11.8. The molecule has 4 aromatic rings. The van der Waals surface area contributed by atoms with E-state index in [1.807, 2.05) is 55.5 Å². The summed E-state index contributed by atoms with van der Waals surface area (Å²) < 4.78 is 19.7. The molecule has 1 atom stereocenters. The minimum atomic E-state index is -0.780. The molecule has 2 aromatic carbocycles. The summed E-state index contributed by atoms with van der Waals surface area (Å²) in [6.45, 7) is 7.73. The highest BCUT2D eigenvalue weighted by molar-refractivity contribution is 7.07. The normalized spacial score (nSPS) is 17.7. The van der Waals surface area contributed by atoms with Gasteiger partial charge in [-0.05, 0) is 43.3 Å². The Balaban J connectivity index is 1.55. The monoisotopic (exact) mass is 600 g/mol. The smallest absolute Gasteiger partial charge is 0.338 e. The lowest BCUT2D eigenvalue weighted by Gasteiger charge is -2.32. The number of piperazine rings is 1. The van der Waals surface area contributed by atoms with Crippen LogP contribution in [0, 0.1) is 0 Å². The van der Waals surface area contributed by atoms with Gasteiger partial charge in [0.25, 0.3) is 5.56 Å². The van der Waals surface area contributed by atoms with Crippen LogP contribution in [0.15, 0.2) is 74.0 Å². The number of furan rings is 1. The lowest BCUT2D eigenvalue weighted by atomic mass is 9.90. The highest BCUT2D eigenvalue weighted by atomic mass is 32.1. The van der Waals surface area contributed by atoms with Gasteiger partial charge in [-0.25, -0.2) is 9.79 Å². The number of aromatic nitrogens is 1. The van der Waals surface area contributed by atoms with E-state index in [4.69, 9.17) is 18.9 Å². The van der Waals surface area contributed by atoms with Crippen molar-refractivity contribution in [1.29, 1.82) is 0 Å². The van der Waals surface area contributed by atoms with Crippen molar-refractivity contribution in [3.8, 4) is 5.75 Å². The van der Waals surface area contributed by atoms with Crippen molar-refractivity contribution in [2.75, 3.05) is 51.8 Å². The third-order valence-corrected chi connectivity index (χ3v) is 9.00. The van der Waals surface area contributed by atoms with Gasteiger partial charge in [-0.15, -0.1) is 0 Å². The average molecular weight is 601 g/mol. The Labute approximate surface area is 254 Å². The quantitative estimate of drug-likeness (QED) is 0.282. The van der Waals surface area contributed by atoms with Crippen LogP contribution in [0.25, 0.3) is 16.8 Å². The Kier molecular flexibility index (Phi) is 8.23. The first kappa shape index (κ1) is 28.9. The van der Waals surface area contributed by atoms with Crippen molar-refractivity contribution in [3.63, 3.8) is 0 Å². The van der Waals surface area contributed by atoms with Gasteiger partial charge in [0.1, 0.15) is 17.6 Å². The van der Waals surface area contributed by atoms with Gasteiger partial charge in [0.2, 0.25) is 0 Å². The molecule has 10 heteroatoms. The molecule has 0 N–H and O–H groups in total. The Hall–Kier alpha value is -4.15. The topological polar surface area (TPSA) is 89.5 Å². The molecule has 0 unspecified atom stereocenters. The summed E-state index contributed by atoms with van der Waals surface area (Å²) in [5.41, 5.74) is 1.48. The number of thiazole rings is 1. The first-order chi connectivity index (χ1) is 20.9. The second kappa shape index (κ2) is 12.2. The number of ether oxygens (including phenoxy) is 2. The number of esters is 1. The van der Waals surface area contributed by atoms with E-state index < -0.39 is 12.0 Å². The van der Waals surface area contributed by atoms with Crippen molar-refractivity contribution in [2.24, 2.45) is 4.99 Å². The van der Waals surface area contributed by atoms with Crippen molar-refractivity contribution < 1.29 is 18.7 Å². The van der Waals surface area contributed by atoms with E-state index in [2.05, 4.69) is 16.8 Å². The van der Waals surface area contributed by atoms with Gasteiger partial charge in [0.05, 0.1) is 29.5 Å². The predicted molar refractivity (Wildman–Crippen MR) is 169 cm³/mol. The molecule has 2 aromatic heterocycles. The summed E-state index contributed by atoms with van der Waals surface area (Å²) in [4.78, 5) is 37.9. The number of hydrogen-bond acceptors (Lipinski definition) is 9. The van der Waals surface area contributed by atoms with Gasteiger partial charge < -0.3 is 23.7 Å². The van der Waals surface area contributed by atoms with Gasteiger partial charge >= 0.3 is 5.97 Å². The second-order valence-electron chi connectivity index (χ2n) is 10.8. The van der Waals surface area contributed by atoms with Gasteiger partial charge in [0, 0.05) is 43.9 Å². The zero-order valence-electron chi connectivity index (χ0n) is 25.0. The number of carbonyl (C=O) groups excluding carboxylic acids is 1. The highest BCUT2D eigenvalue weighted by Gasteiger charge is 2.37. The Morgan fingerprint density at radius 2 is 1.88 bits per heavy atom. The summed E-state index contributed by atoms with van der Waals surface area (Å²) in [5.74, 6) is 1.49. The number of likely N-dealkylation sites (N-methyl/N-ethyl adjacent to an activating group) is 1. The van der Waals surface area contributed by atoms with Crippen LogP contribution in [-0.2, 0) is 9.53 Å². The molecular weight excluding hydrogens is 564 g/mol. The average Bonchev–Trinajstić information content (AvgIpc) is 3.60. The molecular formula is C33H36N4O5S. The van der Waals surface area contributed by atoms with Gasteiger partial charge in [0.15, 0.2) is 10.7 Å². The fourth-order valence-electron chi connectivity index (χ4n) is 5.88. The number of carbonyl (C=O) groups is 1. The van der Waals surface area contributed by atoms with Crippen molar-refractivity contribution in [2.45, 2.75) is 32.7 Å². The van der Waals surface area contributed by atoms with Crippen LogP contribution in [0.1, 0.15) is 44.1 Å². The molecule has 0 bridgehead atoms. The summed E-state index contributed by atoms with van der Waals surface area (Å²) in [6.07, 6.45) is 3.11. The predicted octanol–water partition coefficient (Wildman–Crippen LogP) is 4.09. The molecule has 1 saturated heterocycles. The molecule has 0 radical (unpaired) electrons. The Morgan fingerprint density at radius 3 is 2.63 bits per heavy atom. The van der Waals surface area contributed by atoms with Crippen LogP contribution in [0.5, 0.6) is 5.75 Å². The minimum absolute atomic E-state index is 0.208. The largest absolute Gasteiger partial charge is 0.496 e. The molecule has 224 valence electrons. The summed E-state index contributed by atoms with van der Waals surface area (Å²) >= 11 is 1.30. The van der Waals surface area contributed by atoms with Crippen LogP contribution >= 0.6 is 11.3 Å². The number of allylic oxidation sites excluding steroid dienone is 1. The molecule has 43 heavy (non-hydrogen) atoms. The number of nitrogens with zero attached hydrogens (tertiary/aromatic N) is 4. The number of rotatable bonds is 8. The molecule has 2 aliphatic heterocycles. The molecule has 9 nitrogen and oxygen atoms in total. The number of benzene rings is 2. The molecule has 0 aliphatic carbocycles. The summed E-state index contributed by atoms with van der Waals surface area (Å²) in [6, 6.07) is 14.9. The maximum atomic E-state index is 14.3.